The lowest BCUT2D eigenvalue weighted by Crippen LogP contribution is -2.32. The van der Waals surface area contributed by atoms with Crippen LogP contribution < -0.4 is 0 Å². The van der Waals surface area contributed by atoms with E-state index in [9.17, 15) is 9.59 Å². The van der Waals surface area contributed by atoms with Crippen LogP contribution in [0.4, 0.5) is 0 Å². The number of rotatable bonds is 5. The second kappa shape index (κ2) is 5.21. The summed E-state index contributed by atoms with van der Waals surface area (Å²) in [6.45, 7) is 3.08. The van der Waals surface area contributed by atoms with Crippen molar-refractivity contribution in [2.45, 2.75) is 19.9 Å². The van der Waals surface area contributed by atoms with Gasteiger partial charge in [0.1, 0.15) is 0 Å². The van der Waals surface area contributed by atoms with E-state index in [2.05, 4.69) is 0 Å². The van der Waals surface area contributed by atoms with Gasteiger partial charge in [-0.15, -0.1) is 0 Å². The normalized spacial score (nSPS) is 21.4. The Bertz CT molecular complexity index is 444. The van der Waals surface area contributed by atoms with E-state index in [0.717, 1.165) is 5.56 Å². The molecular formula is C14H17NO3. The fraction of sp³-hybridized carbons (Fsp3) is 0.429. The molecule has 4 heteroatoms. The SMILES string of the molecule is CCN(Cc1ccccc1)C(=O)C1CC1C(=O)O. The Morgan fingerprint density at radius 1 is 1.28 bits per heavy atom. The Morgan fingerprint density at radius 2 is 1.94 bits per heavy atom. The van der Waals surface area contributed by atoms with Crippen molar-refractivity contribution in [3.63, 3.8) is 0 Å². The molecule has 4 nitrogen and oxygen atoms in total. The number of carboxylic acid groups (broad SMARTS) is 1. The Hall–Kier alpha value is -1.84. The summed E-state index contributed by atoms with van der Waals surface area (Å²) in [5.74, 6) is -1.67. The first-order valence-corrected chi connectivity index (χ1v) is 6.19. The van der Waals surface area contributed by atoms with E-state index in [1.807, 2.05) is 37.3 Å². The monoisotopic (exact) mass is 247 g/mol. The van der Waals surface area contributed by atoms with Gasteiger partial charge >= 0.3 is 5.97 Å². The van der Waals surface area contributed by atoms with E-state index < -0.39 is 11.9 Å². The molecule has 2 rings (SSSR count). The molecule has 96 valence electrons. The number of carbonyl (C=O) groups is 2. The molecule has 18 heavy (non-hydrogen) atoms. The van der Waals surface area contributed by atoms with Crippen molar-refractivity contribution >= 4 is 11.9 Å². The Kier molecular flexibility index (Phi) is 3.65. The van der Waals surface area contributed by atoms with Crippen LogP contribution in [0.5, 0.6) is 0 Å². The zero-order valence-corrected chi connectivity index (χ0v) is 10.4. The topological polar surface area (TPSA) is 57.6 Å². The lowest BCUT2D eigenvalue weighted by molar-refractivity contribution is -0.142. The number of carbonyl (C=O) groups excluding carboxylic acids is 1. The molecule has 1 aromatic carbocycles. The van der Waals surface area contributed by atoms with Crippen LogP contribution in [0.3, 0.4) is 0 Å². The van der Waals surface area contributed by atoms with Gasteiger partial charge in [0, 0.05) is 13.1 Å². The standard InChI is InChI=1S/C14H17NO3/c1-2-15(9-10-6-4-3-5-7-10)13(16)11-8-12(11)14(17)18/h3-7,11-12H,2,8-9H2,1H3,(H,17,18). The van der Waals surface area contributed by atoms with Crippen molar-refractivity contribution in [3.8, 4) is 0 Å². The lowest BCUT2D eigenvalue weighted by atomic mass is 10.2. The Morgan fingerprint density at radius 3 is 2.44 bits per heavy atom. The Balaban J connectivity index is 1.97. The number of amides is 1. The molecular weight excluding hydrogens is 230 g/mol. The number of hydrogen-bond donors (Lipinski definition) is 1. The average Bonchev–Trinajstić information content (AvgIpc) is 3.16. The molecule has 1 amide bonds. The number of benzene rings is 1. The lowest BCUT2D eigenvalue weighted by Gasteiger charge is -2.21. The van der Waals surface area contributed by atoms with Gasteiger partial charge in [-0.25, -0.2) is 0 Å². The third-order valence-corrected chi connectivity index (χ3v) is 3.33. The van der Waals surface area contributed by atoms with E-state index in [4.69, 9.17) is 5.11 Å². The van der Waals surface area contributed by atoms with Crippen LogP contribution in [0, 0.1) is 11.8 Å². The quantitative estimate of drug-likeness (QED) is 0.862. The van der Waals surface area contributed by atoms with Crippen LogP contribution in [0.15, 0.2) is 30.3 Å². The van der Waals surface area contributed by atoms with Gasteiger partial charge in [-0.1, -0.05) is 30.3 Å². The summed E-state index contributed by atoms with van der Waals surface area (Å²) < 4.78 is 0. The summed E-state index contributed by atoms with van der Waals surface area (Å²) >= 11 is 0. The first-order valence-electron chi connectivity index (χ1n) is 6.19. The number of nitrogens with zero attached hydrogens (tertiary/aromatic N) is 1. The summed E-state index contributed by atoms with van der Waals surface area (Å²) in [5.41, 5.74) is 1.07. The van der Waals surface area contributed by atoms with Crippen LogP contribution in [0.25, 0.3) is 0 Å². The molecule has 0 saturated heterocycles. The molecule has 1 aliphatic rings. The van der Waals surface area contributed by atoms with Gasteiger partial charge in [0.15, 0.2) is 0 Å². The van der Waals surface area contributed by atoms with Crippen molar-refractivity contribution in [2.24, 2.45) is 11.8 Å². The van der Waals surface area contributed by atoms with Crippen molar-refractivity contribution in [3.05, 3.63) is 35.9 Å². The van der Waals surface area contributed by atoms with Gasteiger partial charge in [0.05, 0.1) is 11.8 Å². The third-order valence-electron chi connectivity index (χ3n) is 3.33. The fourth-order valence-electron chi connectivity index (χ4n) is 2.12. The molecule has 1 N–H and O–H groups in total. The minimum Gasteiger partial charge on any atom is -0.481 e. The van der Waals surface area contributed by atoms with E-state index in [0.29, 0.717) is 19.5 Å². The molecule has 1 aromatic rings. The number of carboxylic acids is 1. The minimum atomic E-state index is -0.857. The summed E-state index contributed by atoms with van der Waals surface area (Å²) in [5, 5.41) is 8.85. The number of aliphatic carboxylic acids is 1. The minimum absolute atomic E-state index is 0.0336. The molecule has 0 heterocycles. The molecule has 1 fully saturated rings. The molecule has 1 saturated carbocycles. The maximum Gasteiger partial charge on any atom is 0.307 e. The van der Waals surface area contributed by atoms with Gasteiger partial charge in [-0.05, 0) is 18.9 Å². The Labute approximate surface area is 106 Å². The van der Waals surface area contributed by atoms with E-state index >= 15 is 0 Å². The fourth-order valence-corrected chi connectivity index (χ4v) is 2.12. The zero-order chi connectivity index (χ0) is 13.1. The second-order valence-electron chi connectivity index (χ2n) is 4.62. The molecule has 0 aliphatic heterocycles. The molecule has 0 radical (unpaired) electrons. The molecule has 2 atom stereocenters. The highest BCUT2D eigenvalue weighted by Crippen LogP contribution is 2.40. The van der Waals surface area contributed by atoms with E-state index in [-0.39, 0.29) is 11.8 Å². The van der Waals surface area contributed by atoms with E-state index in [1.54, 1.807) is 4.90 Å². The smallest absolute Gasteiger partial charge is 0.307 e. The summed E-state index contributed by atoms with van der Waals surface area (Å²) in [6, 6.07) is 9.74. The summed E-state index contributed by atoms with van der Waals surface area (Å²) in [7, 11) is 0. The maximum atomic E-state index is 12.1. The molecule has 0 bridgehead atoms. The van der Waals surface area contributed by atoms with Gasteiger partial charge in [-0.2, -0.15) is 0 Å². The third kappa shape index (κ3) is 2.70. The summed E-state index contributed by atoms with van der Waals surface area (Å²) in [6.07, 6.45) is 0.486. The predicted octanol–water partition coefficient (Wildman–Crippen LogP) is 1.76. The van der Waals surface area contributed by atoms with E-state index in [1.165, 1.54) is 0 Å². The maximum absolute atomic E-state index is 12.1. The first kappa shape index (κ1) is 12.6. The molecule has 0 aromatic heterocycles. The first-order chi connectivity index (χ1) is 8.63. The van der Waals surface area contributed by atoms with Crippen molar-refractivity contribution in [2.75, 3.05) is 6.54 Å². The van der Waals surface area contributed by atoms with Crippen LogP contribution in [-0.4, -0.2) is 28.4 Å². The highest BCUT2D eigenvalue weighted by Gasteiger charge is 2.49. The van der Waals surface area contributed by atoms with Gasteiger partial charge in [-0.3, -0.25) is 9.59 Å². The summed E-state index contributed by atoms with van der Waals surface area (Å²) in [4.78, 5) is 24.6. The second-order valence-corrected chi connectivity index (χ2v) is 4.62. The molecule has 0 spiro atoms. The van der Waals surface area contributed by atoms with Gasteiger partial charge in [0.25, 0.3) is 0 Å². The van der Waals surface area contributed by atoms with Crippen LogP contribution in [0.1, 0.15) is 18.9 Å². The van der Waals surface area contributed by atoms with Crippen LogP contribution in [-0.2, 0) is 16.1 Å². The molecule has 2 unspecified atom stereocenters. The largest absolute Gasteiger partial charge is 0.481 e. The van der Waals surface area contributed by atoms with Crippen molar-refractivity contribution in [1.82, 2.24) is 4.90 Å². The highest BCUT2D eigenvalue weighted by molar-refractivity contribution is 5.89. The molecule has 1 aliphatic carbocycles. The number of hydrogen-bond acceptors (Lipinski definition) is 2. The van der Waals surface area contributed by atoms with Gasteiger partial charge in [0.2, 0.25) is 5.91 Å². The zero-order valence-electron chi connectivity index (χ0n) is 10.4. The van der Waals surface area contributed by atoms with Crippen molar-refractivity contribution in [1.29, 1.82) is 0 Å². The highest BCUT2D eigenvalue weighted by atomic mass is 16.4. The van der Waals surface area contributed by atoms with Crippen LogP contribution in [0.2, 0.25) is 0 Å². The predicted molar refractivity (Wildman–Crippen MR) is 66.8 cm³/mol. The van der Waals surface area contributed by atoms with Crippen molar-refractivity contribution < 1.29 is 14.7 Å². The average molecular weight is 247 g/mol. The van der Waals surface area contributed by atoms with Crippen LogP contribution >= 0.6 is 0 Å². The van der Waals surface area contributed by atoms with Gasteiger partial charge < -0.3 is 10.0 Å².